The lowest BCUT2D eigenvalue weighted by Crippen LogP contribution is -2.38. The van der Waals surface area contributed by atoms with Gasteiger partial charge in [0.15, 0.2) is 0 Å². The van der Waals surface area contributed by atoms with E-state index in [1.54, 1.807) is 24.4 Å². The van der Waals surface area contributed by atoms with Gasteiger partial charge >= 0.3 is 0 Å². The van der Waals surface area contributed by atoms with Crippen LogP contribution < -0.4 is 10.9 Å². The van der Waals surface area contributed by atoms with Gasteiger partial charge in [0.2, 0.25) is 5.91 Å². The molecule has 0 aliphatic carbocycles. The van der Waals surface area contributed by atoms with Crippen LogP contribution in [-0.2, 0) is 24.3 Å². The maximum Gasteiger partial charge on any atom is 0.291 e. The molecule has 5 aromatic rings. The van der Waals surface area contributed by atoms with E-state index < -0.39 is 0 Å². The van der Waals surface area contributed by atoms with Crippen molar-refractivity contribution < 1.29 is 9.18 Å². The third-order valence-electron chi connectivity index (χ3n) is 6.47. The molecule has 1 atom stereocenters. The summed E-state index contributed by atoms with van der Waals surface area (Å²) < 4.78 is 17.5. The third-order valence-corrected chi connectivity index (χ3v) is 6.47. The third kappa shape index (κ3) is 4.77. The highest BCUT2D eigenvalue weighted by atomic mass is 19.1. The normalized spacial score (nSPS) is 12.2. The summed E-state index contributed by atoms with van der Waals surface area (Å²) in [5.41, 5.74) is 2.52. The summed E-state index contributed by atoms with van der Waals surface area (Å²) in [4.78, 5) is 26.3. The Morgan fingerprint density at radius 2 is 1.69 bits per heavy atom. The molecule has 0 saturated carbocycles. The Labute approximate surface area is 208 Å². The summed E-state index contributed by atoms with van der Waals surface area (Å²) in [6.45, 7) is 1.96. The van der Waals surface area contributed by atoms with E-state index in [4.69, 9.17) is 0 Å². The van der Waals surface area contributed by atoms with Gasteiger partial charge in [-0.15, -0.1) is 0 Å². The maximum atomic E-state index is 14.5. The van der Waals surface area contributed by atoms with Crippen LogP contribution in [0.3, 0.4) is 0 Å². The van der Waals surface area contributed by atoms with Gasteiger partial charge < -0.3 is 9.88 Å². The number of hydrogen-bond donors (Lipinski definition) is 1. The topological polar surface area (TPSA) is 68.9 Å². The van der Waals surface area contributed by atoms with E-state index in [1.807, 2.05) is 54.0 Å². The summed E-state index contributed by atoms with van der Waals surface area (Å²) in [5, 5.41) is 8.80. The largest absolute Gasteiger partial charge is 0.352 e. The molecule has 6 nitrogen and oxygen atoms in total. The highest BCUT2D eigenvalue weighted by molar-refractivity contribution is 6.07. The van der Waals surface area contributed by atoms with Crippen molar-refractivity contribution >= 4 is 27.7 Å². The Morgan fingerprint density at radius 1 is 0.972 bits per heavy atom. The molecule has 2 heterocycles. The van der Waals surface area contributed by atoms with E-state index in [1.165, 1.54) is 16.3 Å². The molecule has 0 unspecified atom stereocenters. The molecule has 1 N–H and O–H groups in total. The van der Waals surface area contributed by atoms with Crippen molar-refractivity contribution in [3.8, 4) is 0 Å². The van der Waals surface area contributed by atoms with Crippen molar-refractivity contribution in [3.05, 3.63) is 112 Å². The number of rotatable bonds is 8. The van der Waals surface area contributed by atoms with Gasteiger partial charge in [0.25, 0.3) is 5.56 Å². The average molecular weight is 483 g/mol. The van der Waals surface area contributed by atoms with Crippen molar-refractivity contribution in [3.63, 3.8) is 0 Å². The monoisotopic (exact) mass is 482 g/mol. The number of nitrogens with one attached hydrogen (secondary N) is 1. The molecule has 0 aliphatic rings. The van der Waals surface area contributed by atoms with Gasteiger partial charge in [0.1, 0.15) is 17.9 Å². The minimum atomic E-state index is -0.382. The summed E-state index contributed by atoms with van der Waals surface area (Å²) in [6.07, 6.45) is 3.25. The van der Waals surface area contributed by atoms with E-state index in [2.05, 4.69) is 22.5 Å². The molecule has 0 bridgehead atoms. The van der Waals surface area contributed by atoms with E-state index in [9.17, 15) is 14.0 Å². The maximum absolute atomic E-state index is 14.5. The second kappa shape index (κ2) is 10.2. The SMILES string of the molecule is C[C@@H](CCc1ccccc1)NC(=O)Cn1ncc2c3ccccc3n(Cc3ccccc3F)c2c1=O. The molecule has 7 heteroatoms. The Bertz CT molecular complexity index is 1590. The van der Waals surface area contributed by atoms with E-state index in [0.717, 1.165) is 23.7 Å². The van der Waals surface area contributed by atoms with Crippen molar-refractivity contribution in [2.75, 3.05) is 0 Å². The molecule has 36 heavy (non-hydrogen) atoms. The lowest BCUT2D eigenvalue weighted by molar-refractivity contribution is -0.122. The second-order valence-electron chi connectivity index (χ2n) is 9.06. The number of carbonyl (C=O) groups excluding carboxylic acids is 1. The molecular formula is C29H27FN4O2. The highest BCUT2D eigenvalue weighted by Gasteiger charge is 2.18. The smallest absolute Gasteiger partial charge is 0.291 e. The Morgan fingerprint density at radius 3 is 2.50 bits per heavy atom. The zero-order chi connectivity index (χ0) is 25.1. The highest BCUT2D eigenvalue weighted by Crippen LogP contribution is 2.27. The minimum absolute atomic E-state index is 0.0513. The Balaban J connectivity index is 1.41. The molecule has 182 valence electrons. The minimum Gasteiger partial charge on any atom is -0.352 e. The fraction of sp³-hybridized carbons (Fsp3) is 0.207. The van der Waals surface area contributed by atoms with Gasteiger partial charge in [-0.2, -0.15) is 5.10 Å². The number of fused-ring (bicyclic) bond motifs is 3. The molecule has 1 amide bonds. The van der Waals surface area contributed by atoms with Crippen molar-refractivity contribution in [2.45, 2.75) is 38.9 Å². The number of carbonyl (C=O) groups is 1. The second-order valence-corrected chi connectivity index (χ2v) is 9.06. The Kier molecular flexibility index (Phi) is 6.62. The van der Waals surface area contributed by atoms with E-state index in [-0.39, 0.29) is 36.4 Å². The standard InChI is InChI=1S/C29H27FN4O2/c1-20(15-16-21-9-3-2-4-10-21)32-27(35)19-34-29(36)28-24(17-31-34)23-12-6-8-14-26(23)33(28)18-22-11-5-7-13-25(22)30/h2-14,17,20H,15-16,18-19H2,1H3,(H,32,35)/t20-/m0/s1. The molecule has 0 spiro atoms. The van der Waals surface area contributed by atoms with Crippen LogP contribution in [0.5, 0.6) is 0 Å². The quantitative estimate of drug-likeness (QED) is 0.349. The van der Waals surface area contributed by atoms with E-state index >= 15 is 0 Å². The molecule has 0 radical (unpaired) electrons. The first-order chi connectivity index (χ1) is 17.5. The van der Waals surface area contributed by atoms with Crippen LogP contribution >= 0.6 is 0 Å². The Hall–Kier alpha value is -4.26. The van der Waals surface area contributed by atoms with Crippen molar-refractivity contribution in [1.29, 1.82) is 0 Å². The van der Waals surface area contributed by atoms with Gasteiger partial charge in [0, 0.05) is 27.9 Å². The number of aryl methyl sites for hydroxylation is 1. The summed E-state index contributed by atoms with van der Waals surface area (Å²) in [6, 6.07) is 24.2. The van der Waals surface area contributed by atoms with Gasteiger partial charge in [-0.3, -0.25) is 9.59 Å². The van der Waals surface area contributed by atoms with Crippen LogP contribution in [0.1, 0.15) is 24.5 Å². The number of benzene rings is 3. The summed E-state index contributed by atoms with van der Waals surface area (Å²) in [5.74, 6) is -0.608. The molecular weight excluding hydrogens is 455 g/mol. The van der Waals surface area contributed by atoms with Crippen LogP contribution in [0.15, 0.2) is 89.9 Å². The van der Waals surface area contributed by atoms with Gasteiger partial charge in [-0.05, 0) is 37.5 Å². The lowest BCUT2D eigenvalue weighted by Gasteiger charge is -2.14. The lowest BCUT2D eigenvalue weighted by atomic mass is 10.1. The van der Waals surface area contributed by atoms with Gasteiger partial charge in [-0.1, -0.05) is 66.7 Å². The molecule has 2 aromatic heterocycles. The molecule has 3 aromatic carbocycles. The number of halogens is 1. The number of aromatic nitrogens is 3. The summed E-state index contributed by atoms with van der Waals surface area (Å²) >= 11 is 0. The van der Waals surface area contributed by atoms with Crippen molar-refractivity contribution in [1.82, 2.24) is 19.7 Å². The average Bonchev–Trinajstić information content (AvgIpc) is 3.20. The van der Waals surface area contributed by atoms with Gasteiger partial charge in [0.05, 0.1) is 12.7 Å². The zero-order valence-corrected chi connectivity index (χ0v) is 20.0. The predicted octanol–water partition coefficient (Wildman–Crippen LogP) is 4.68. The fourth-order valence-electron chi connectivity index (χ4n) is 4.62. The molecule has 0 saturated heterocycles. The number of nitrogens with zero attached hydrogens (tertiary/aromatic N) is 3. The van der Waals surface area contributed by atoms with Crippen molar-refractivity contribution in [2.24, 2.45) is 0 Å². The molecule has 0 fully saturated rings. The molecule has 5 rings (SSSR count). The summed E-state index contributed by atoms with van der Waals surface area (Å²) in [7, 11) is 0. The number of hydrogen-bond acceptors (Lipinski definition) is 3. The first kappa shape index (κ1) is 23.5. The van der Waals surface area contributed by atoms with Crippen LogP contribution in [-0.4, -0.2) is 26.3 Å². The van der Waals surface area contributed by atoms with Crippen LogP contribution in [0.2, 0.25) is 0 Å². The van der Waals surface area contributed by atoms with Crippen LogP contribution in [0.25, 0.3) is 21.8 Å². The van der Waals surface area contributed by atoms with Crippen LogP contribution in [0, 0.1) is 5.82 Å². The first-order valence-electron chi connectivity index (χ1n) is 12.0. The number of amides is 1. The number of para-hydroxylation sites is 1. The molecule has 0 aliphatic heterocycles. The van der Waals surface area contributed by atoms with Crippen LogP contribution in [0.4, 0.5) is 4.39 Å². The van der Waals surface area contributed by atoms with Gasteiger partial charge in [-0.25, -0.2) is 9.07 Å². The zero-order valence-electron chi connectivity index (χ0n) is 20.0. The fourth-order valence-corrected chi connectivity index (χ4v) is 4.62. The predicted molar refractivity (Wildman–Crippen MR) is 139 cm³/mol. The van der Waals surface area contributed by atoms with E-state index in [0.29, 0.717) is 16.5 Å². The first-order valence-corrected chi connectivity index (χ1v) is 12.0.